The van der Waals surface area contributed by atoms with Gasteiger partial charge in [0.25, 0.3) is 0 Å². The van der Waals surface area contributed by atoms with E-state index in [4.69, 9.17) is 9.97 Å². The average molecular weight is 537 g/mol. The van der Waals surface area contributed by atoms with Crippen LogP contribution < -0.4 is 10.2 Å². The number of rotatable bonds is 10. The number of aliphatic hydroxyl groups is 1. The van der Waals surface area contributed by atoms with Gasteiger partial charge in [-0.1, -0.05) is 31.6 Å². The maximum Gasteiger partial charge on any atom is 0.174 e. The van der Waals surface area contributed by atoms with Gasteiger partial charge in [-0.2, -0.15) is 0 Å². The zero-order valence-electron chi connectivity index (χ0n) is 23.2. The molecule has 3 heterocycles. The van der Waals surface area contributed by atoms with E-state index >= 15 is 0 Å². The Kier molecular flexibility index (Phi) is 9.24. The van der Waals surface area contributed by atoms with Crippen molar-refractivity contribution in [2.24, 2.45) is 0 Å². The lowest BCUT2D eigenvalue weighted by molar-refractivity contribution is 0.0800. The first-order chi connectivity index (χ1) is 18.6. The molecule has 1 aromatic carbocycles. The Morgan fingerprint density at radius 3 is 2.54 bits per heavy atom. The summed E-state index contributed by atoms with van der Waals surface area (Å²) in [7, 11) is 0. The SMILES string of the molecule is C/C=C\C(=C/CCC)Nc1nc2cnc(CC(C)(C)O)cc2nc1N1CCN(Cc2ccc(F)cc2F)CC1. The van der Waals surface area contributed by atoms with Crippen LogP contribution in [0.3, 0.4) is 0 Å². The van der Waals surface area contributed by atoms with Gasteiger partial charge in [-0.3, -0.25) is 9.88 Å². The molecule has 9 heteroatoms. The van der Waals surface area contributed by atoms with Crippen molar-refractivity contribution >= 4 is 22.7 Å². The number of nitrogens with one attached hydrogen (secondary N) is 1. The molecule has 0 saturated carbocycles. The van der Waals surface area contributed by atoms with Gasteiger partial charge in [0.1, 0.15) is 17.2 Å². The van der Waals surface area contributed by atoms with E-state index < -0.39 is 17.2 Å². The van der Waals surface area contributed by atoms with Crippen molar-refractivity contribution in [1.82, 2.24) is 19.9 Å². The fraction of sp³-hybridized carbons (Fsp3) is 0.433. The number of hydrogen-bond donors (Lipinski definition) is 2. The summed E-state index contributed by atoms with van der Waals surface area (Å²) in [6.45, 7) is 10.8. The van der Waals surface area contributed by atoms with Gasteiger partial charge in [-0.25, -0.2) is 18.7 Å². The van der Waals surface area contributed by atoms with Crippen LogP contribution >= 0.6 is 0 Å². The van der Waals surface area contributed by atoms with Crippen LogP contribution in [0.2, 0.25) is 0 Å². The Hall–Kier alpha value is -3.43. The highest BCUT2D eigenvalue weighted by atomic mass is 19.1. The number of unbranched alkanes of at least 4 members (excludes halogenated alkanes) is 1. The highest BCUT2D eigenvalue weighted by Gasteiger charge is 2.24. The molecular formula is C30H38F2N6O. The molecule has 1 aliphatic heterocycles. The third-order valence-corrected chi connectivity index (χ3v) is 6.55. The molecule has 0 amide bonds. The smallest absolute Gasteiger partial charge is 0.174 e. The number of benzene rings is 1. The number of piperazine rings is 1. The number of allylic oxidation sites excluding steroid dienone is 3. The summed E-state index contributed by atoms with van der Waals surface area (Å²) in [5.41, 5.74) is 2.68. The summed E-state index contributed by atoms with van der Waals surface area (Å²) in [4.78, 5) is 18.8. The predicted octanol–water partition coefficient (Wildman–Crippen LogP) is 5.61. The van der Waals surface area contributed by atoms with Gasteiger partial charge >= 0.3 is 0 Å². The number of hydrogen-bond acceptors (Lipinski definition) is 7. The summed E-state index contributed by atoms with van der Waals surface area (Å²) in [5.74, 6) is 0.303. The van der Waals surface area contributed by atoms with Crippen LogP contribution in [-0.4, -0.2) is 56.7 Å². The van der Waals surface area contributed by atoms with Crippen molar-refractivity contribution in [3.05, 3.63) is 77.3 Å². The van der Waals surface area contributed by atoms with E-state index in [1.54, 1.807) is 20.0 Å². The maximum atomic E-state index is 14.2. The lowest BCUT2D eigenvalue weighted by Gasteiger charge is -2.36. The molecule has 2 aromatic heterocycles. The third-order valence-electron chi connectivity index (χ3n) is 6.55. The van der Waals surface area contributed by atoms with Crippen LogP contribution in [0.15, 0.2) is 54.4 Å². The van der Waals surface area contributed by atoms with E-state index in [0.29, 0.717) is 61.6 Å². The maximum absolute atomic E-state index is 14.2. The van der Waals surface area contributed by atoms with Crippen molar-refractivity contribution < 1.29 is 13.9 Å². The van der Waals surface area contributed by atoms with Gasteiger partial charge in [0.2, 0.25) is 0 Å². The number of nitrogens with zero attached hydrogens (tertiary/aromatic N) is 5. The van der Waals surface area contributed by atoms with Crippen LogP contribution in [0.25, 0.3) is 11.0 Å². The highest BCUT2D eigenvalue weighted by Crippen LogP contribution is 2.28. The van der Waals surface area contributed by atoms with Gasteiger partial charge in [0.15, 0.2) is 11.6 Å². The van der Waals surface area contributed by atoms with Gasteiger partial charge in [-0.05, 0) is 45.4 Å². The first kappa shape index (κ1) is 28.6. The molecule has 0 spiro atoms. The number of aromatic nitrogens is 3. The first-order valence-electron chi connectivity index (χ1n) is 13.6. The minimum Gasteiger partial charge on any atom is -0.390 e. The molecule has 2 N–H and O–H groups in total. The van der Waals surface area contributed by atoms with E-state index in [9.17, 15) is 13.9 Å². The van der Waals surface area contributed by atoms with Crippen LogP contribution in [0.1, 0.15) is 51.8 Å². The molecule has 208 valence electrons. The molecule has 0 bridgehead atoms. The van der Waals surface area contributed by atoms with Crippen LogP contribution in [0, 0.1) is 11.6 Å². The van der Waals surface area contributed by atoms with Crippen molar-refractivity contribution in [3.8, 4) is 0 Å². The van der Waals surface area contributed by atoms with Crippen LogP contribution in [0.4, 0.5) is 20.4 Å². The summed E-state index contributed by atoms with van der Waals surface area (Å²) in [6, 6.07) is 5.63. The highest BCUT2D eigenvalue weighted by molar-refractivity contribution is 5.81. The second-order valence-corrected chi connectivity index (χ2v) is 10.6. The van der Waals surface area contributed by atoms with E-state index in [0.717, 1.165) is 36.1 Å². The summed E-state index contributed by atoms with van der Waals surface area (Å²) in [6.07, 6.45) is 10.2. The Bertz CT molecular complexity index is 1340. The van der Waals surface area contributed by atoms with Gasteiger partial charge in [0, 0.05) is 62.2 Å². The van der Waals surface area contributed by atoms with Gasteiger partial charge in [0.05, 0.1) is 17.3 Å². The van der Waals surface area contributed by atoms with Crippen molar-refractivity contribution in [1.29, 1.82) is 0 Å². The minimum absolute atomic E-state index is 0.407. The number of fused-ring (bicyclic) bond motifs is 1. The van der Waals surface area contributed by atoms with Gasteiger partial charge < -0.3 is 15.3 Å². The zero-order chi connectivity index (χ0) is 28.0. The molecule has 4 rings (SSSR count). The summed E-state index contributed by atoms with van der Waals surface area (Å²) >= 11 is 0. The van der Waals surface area contributed by atoms with Crippen LogP contribution in [0.5, 0.6) is 0 Å². The molecule has 0 aliphatic carbocycles. The summed E-state index contributed by atoms with van der Waals surface area (Å²) in [5, 5.41) is 13.8. The van der Waals surface area contributed by atoms with Crippen molar-refractivity contribution in [2.75, 3.05) is 36.4 Å². The third kappa shape index (κ3) is 7.80. The molecule has 1 aliphatic rings. The second kappa shape index (κ2) is 12.6. The van der Waals surface area contributed by atoms with Crippen molar-refractivity contribution in [3.63, 3.8) is 0 Å². The Morgan fingerprint density at radius 1 is 1.10 bits per heavy atom. The molecule has 3 aromatic rings. The quantitative estimate of drug-likeness (QED) is 0.326. The Morgan fingerprint density at radius 2 is 1.87 bits per heavy atom. The normalized spacial score (nSPS) is 15.5. The Balaban J connectivity index is 1.62. The van der Waals surface area contributed by atoms with Crippen molar-refractivity contribution in [2.45, 2.75) is 59.1 Å². The fourth-order valence-corrected chi connectivity index (χ4v) is 4.62. The Labute approximate surface area is 229 Å². The van der Waals surface area contributed by atoms with Gasteiger partial charge in [-0.15, -0.1) is 0 Å². The number of anilines is 2. The molecular weight excluding hydrogens is 498 g/mol. The summed E-state index contributed by atoms with van der Waals surface area (Å²) < 4.78 is 27.5. The van der Waals surface area contributed by atoms with E-state index in [1.165, 1.54) is 12.1 Å². The molecule has 1 saturated heterocycles. The molecule has 0 atom stereocenters. The topological polar surface area (TPSA) is 77.4 Å². The fourth-order valence-electron chi connectivity index (χ4n) is 4.62. The van der Waals surface area contributed by atoms with E-state index in [1.807, 2.05) is 25.1 Å². The molecule has 1 fully saturated rings. The number of pyridine rings is 1. The average Bonchev–Trinajstić information content (AvgIpc) is 2.88. The predicted molar refractivity (Wildman–Crippen MR) is 153 cm³/mol. The molecule has 0 unspecified atom stereocenters. The monoisotopic (exact) mass is 536 g/mol. The lowest BCUT2D eigenvalue weighted by atomic mass is 10.0. The van der Waals surface area contributed by atoms with E-state index in [2.05, 4.69) is 33.1 Å². The zero-order valence-corrected chi connectivity index (χ0v) is 23.2. The molecule has 0 radical (unpaired) electrons. The molecule has 7 nitrogen and oxygen atoms in total. The number of halogens is 2. The second-order valence-electron chi connectivity index (χ2n) is 10.6. The first-order valence-corrected chi connectivity index (χ1v) is 13.6. The lowest BCUT2D eigenvalue weighted by Crippen LogP contribution is -2.46. The minimum atomic E-state index is -0.885. The largest absolute Gasteiger partial charge is 0.390 e. The van der Waals surface area contributed by atoms with Crippen LogP contribution in [-0.2, 0) is 13.0 Å². The van der Waals surface area contributed by atoms with E-state index in [-0.39, 0.29) is 0 Å². The molecule has 39 heavy (non-hydrogen) atoms. The standard InChI is InChI=1S/C30H38F2N6O/c1-5-7-9-23(8-6-2)34-28-29(36-26-17-24(18-30(3,4)39)33-19-27(26)35-28)38-14-12-37(13-15-38)20-21-10-11-22(31)16-25(21)32/h6,8-11,16-17,19,39H,5,7,12-15,18,20H2,1-4H3,(H,34,35)/b8-6-,23-9+.